The summed E-state index contributed by atoms with van der Waals surface area (Å²) < 4.78 is 0.477. The van der Waals surface area contributed by atoms with Gasteiger partial charge in [-0.2, -0.15) is 4.98 Å². The lowest BCUT2D eigenvalue weighted by Gasteiger charge is -1.76. The predicted octanol–water partition coefficient (Wildman–Crippen LogP) is 0.107. The molecule has 6 heteroatoms. The van der Waals surface area contributed by atoms with Crippen LogP contribution < -0.4 is 0 Å². The Bertz CT molecular complexity index is 233. The number of carboxylic acids is 1. The van der Waals surface area contributed by atoms with Gasteiger partial charge in [-0.25, -0.2) is 4.79 Å². The van der Waals surface area contributed by atoms with E-state index in [1.54, 1.807) is 0 Å². The molecule has 1 heterocycles. The van der Waals surface area contributed by atoms with Crippen LogP contribution in [0.15, 0.2) is 0 Å². The number of hydrogen-bond acceptors (Lipinski definition) is 3. The lowest BCUT2D eigenvalue weighted by atomic mass is 10.7. The van der Waals surface area contributed by atoms with E-state index >= 15 is 0 Å². The Balaban J connectivity index is 2.98. The Hall–Kier alpha value is -0.660. The fourth-order valence-electron chi connectivity index (χ4n) is 0.338. The van der Waals surface area contributed by atoms with Gasteiger partial charge in [-0.15, -0.1) is 5.10 Å². The third kappa shape index (κ3) is 1.37. The summed E-state index contributed by atoms with van der Waals surface area (Å²) in [6.07, 6.45) is 0. The predicted molar refractivity (Wildman–Crippen MR) is 36.1 cm³/mol. The molecule has 0 saturated carbocycles. The average Bonchev–Trinajstić information content (AvgIpc) is 2.14. The summed E-state index contributed by atoms with van der Waals surface area (Å²) in [6.45, 7) is 0. The van der Waals surface area contributed by atoms with Gasteiger partial charge in [0.1, 0.15) is 0 Å². The van der Waals surface area contributed by atoms with E-state index in [4.69, 9.17) is 5.11 Å². The number of rotatable bonds is 1. The van der Waals surface area contributed by atoms with Crippen molar-refractivity contribution in [3.63, 3.8) is 0 Å². The number of carboxylic acid groups (broad SMARTS) is 1. The molecular weight excluding hydrogens is 237 g/mol. The number of aromatic nitrogens is 3. The summed E-state index contributed by atoms with van der Waals surface area (Å²) in [7, 11) is 0. The van der Waals surface area contributed by atoms with Crippen LogP contribution in [-0.4, -0.2) is 26.3 Å². The van der Waals surface area contributed by atoms with Crippen molar-refractivity contribution in [2.75, 3.05) is 0 Å². The lowest BCUT2D eigenvalue weighted by molar-refractivity contribution is 0.0684. The molecule has 0 aliphatic rings. The van der Waals surface area contributed by atoms with Crippen molar-refractivity contribution in [2.24, 2.45) is 0 Å². The summed E-state index contributed by atoms with van der Waals surface area (Å²) >= 11 is 1.84. The second kappa shape index (κ2) is 2.29. The zero-order valence-corrected chi connectivity index (χ0v) is 6.29. The second-order valence-corrected chi connectivity index (χ2v) is 2.28. The molecule has 1 aromatic heterocycles. The monoisotopic (exact) mass is 239 g/mol. The van der Waals surface area contributed by atoms with Gasteiger partial charge >= 0.3 is 5.97 Å². The van der Waals surface area contributed by atoms with Crippen molar-refractivity contribution < 1.29 is 9.90 Å². The number of aromatic carboxylic acids is 1. The molecule has 0 aliphatic heterocycles. The Morgan fingerprint density at radius 3 is 2.67 bits per heavy atom. The van der Waals surface area contributed by atoms with Gasteiger partial charge in [0.25, 0.3) is 5.82 Å². The van der Waals surface area contributed by atoms with Crippen LogP contribution in [0.3, 0.4) is 0 Å². The van der Waals surface area contributed by atoms with Crippen LogP contribution >= 0.6 is 22.6 Å². The second-order valence-electron chi connectivity index (χ2n) is 1.25. The molecule has 1 rings (SSSR count). The first-order chi connectivity index (χ1) is 4.20. The van der Waals surface area contributed by atoms with Crippen LogP contribution in [0.25, 0.3) is 0 Å². The van der Waals surface area contributed by atoms with E-state index in [9.17, 15) is 4.79 Å². The van der Waals surface area contributed by atoms with E-state index in [0.717, 1.165) is 0 Å². The van der Waals surface area contributed by atoms with Gasteiger partial charge in [0, 0.05) is 22.6 Å². The van der Waals surface area contributed by atoms with Gasteiger partial charge < -0.3 is 5.11 Å². The van der Waals surface area contributed by atoms with Crippen molar-refractivity contribution in [2.45, 2.75) is 0 Å². The molecule has 0 saturated heterocycles. The van der Waals surface area contributed by atoms with Crippen LogP contribution in [-0.2, 0) is 0 Å². The minimum Gasteiger partial charge on any atom is -0.475 e. The maximum atomic E-state index is 10.1. The van der Waals surface area contributed by atoms with Crippen molar-refractivity contribution in [1.29, 1.82) is 0 Å². The lowest BCUT2D eigenvalue weighted by Crippen LogP contribution is -1.98. The van der Waals surface area contributed by atoms with Crippen molar-refractivity contribution >= 4 is 28.6 Å². The number of hydrogen-bond donors (Lipinski definition) is 2. The van der Waals surface area contributed by atoms with Gasteiger partial charge in [0.15, 0.2) is 3.83 Å². The minimum atomic E-state index is -1.12. The van der Waals surface area contributed by atoms with Crippen molar-refractivity contribution in [3.8, 4) is 0 Å². The van der Waals surface area contributed by atoms with E-state index in [2.05, 4.69) is 15.2 Å². The van der Waals surface area contributed by atoms with E-state index < -0.39 is 5.97 Å². The molecule has 0 aliphatic carbocycles. The SMILES string of the molecule is O=C(O)c1n[nH]c(I)n1. The summed E-state index contributed by atoms with van der Waals surface area (Å²) in [5, 5.41) is 14.0. The molecule has 0 aromatic carbocycles. The highest BCUT2D eigenvalue weighted by molar-refractivity contribution is 14.1. The topological polar surface area (TPSA) is 78.9 Å². The largest absolute Gasteiger partial charge is 0.475 e. The number of halogens is 1. The molecule has 0 spiro atoms. The molecule has 5 nitrogen and oxygen atoms in total. The van der Waals surface area contributed by atoms with Gasteiger partial charge in [-0.05, 0) is 0 Å². The summed E-state index contributed by atoms with van der Waals surface area (Å²) in [6, 6.07) is 0. The van der Waals surface area contributed by atoms with Crippen molar-refractivity contribution in [3.05, 3.63) is 9.66 Å². The molecular formula is C3H2IN3O2. The Kier molecular flexibility index (Phi) is 1.65. The number of carbonyl (C=O) groups is 1. The zero-order valence-electron chi connectivity index (χ0n) is 4.13. The van der Waals surface area contributed by atoms with E-state index in [-0.39, 0.29) is 5.82 Å². The molecule has 0 atom stereocenters. The highest BCUT2D eigenvalue weighted by Crippen LogP contribution is 1.94. The van der Waals surface area contributed by atoms with Gasteiger partial charge in [-0.1, -0.05) is 0 Å². The van der Waals surface area contributed by atoms with Crippen LogP contribution in [0.5, 0.6) is 0 Å². The summed E-state index contributed by atoms with van der Waals surface area (Å²) in [5.41, 5.74) is 0. The minimum absolute atomic E-state index is 0.195. The molecule has 0 amide bonds. The quantitative estimate of drug-likeness (QED) is 0.681. The van der Waals surface area contributed by atoms with E-state index in [1.807, 2.05) is 22.6 Å². The first-order valence-electron chi connectivity index (χ1n) is 2.01. The molecule has 9 heavy (non-hydrogen) atoms. The first-order valence-corrected chi connectivity index (χ1v) is 3.09. The van der Waals surface area contributed by atoms with Crippen LogP contribution in [0.1, 0.15) is 10.6 Å². The van der Waals surface area contributed by atoms with Gasteiger partial charge in [-0.3, -0.25) is 5.10 Å². The molecule has 0 radical (unpaired) electrons. The van der Waals surface area contributed by atoms with Crippen LogP contribution in [0.4, 0.5) is 0 Å². The molecule has 0 unspecified atom stereocenters. The highest BCUT2D eigenvalue weighted by atomic mass is 127. The molecule has 2 N–H and O–H groups in total. The first kappa shape index (κ1) is 6.46. The van der Waals surface area contributed by atoms with Crippen molar-refractivity contribution in [1.82, 2.24) is 15.2 Å². The number of nitrogens with one attached hydrogen (secondary N) is 1. The standard InChI is InChI=1S/C3H2IN3O2/c4-3-5-1(2(8)9)6-7-3/h(H,8,9)(H,5,6,7). The molecule has 0 fully saturated rings. The third-order valence-electron chi connectivity index (χ3n) is 0.649. The third-order valence-corrected chi connectivity index (χ3v) is 1.13. The Morgan fingerprint density at radius 2 is 2.44 bits per heavy atom. The highest BCUT2D eigenvalue weighted by Gasteiger charge is 2.07. The molecule has 1 aromatic rings. The smallest absolute Gasteiger partial charge is 0.375 e. The fraction of sp³-hybridized carbons (Fsp3) is 0. The molecule has 48 valence electrons. The number of H-pyrrole nitrogens is 1. The van der Waals surface area contributed by atoms with E-state index in [0.29, 0.717) is 3.83 Å². The van der Waals surface area contributed by atoms with Gasteiger partial charge in [0.05, 0.1) is 0 Å². The van der Waals surface area contributed by atoms with E-state index in [1.165, 1.54) is 0 Å². The average molecular weight is 239 g/mol. The fourth-order valence-corrected chi connectivity index (χ4v) is 0.687. The normalized spacial score (nSPS) is 9.44. The zero-order chi connectivity index (χ0) is 6.85. The molecule has 0 bridgehead atoms. The maximum absolute atomic E-state index is 10.1. The van der Waals surface area contributed by atoms with Crippen LogP contribution in [0.2, 0.25) is 0 Å². The van der Waals surface area contributed by atoms with Crippen LogP contribution in [0, 0.1) is 3.83 Å². The summed E-state index contributed by atoms with van der Waals surface area (Å²) in [5.74, 6) is -1.31. The number of nitrogens with zero attached hydrogens (tertiary/aromatic N) is 2. The Morgan fingerprint density at radius 1 is 1.78 bits per heavy atom. The van der Waals surface area contributed by atoms with Gasteiger partial charge in [0.2, 0.25) is 0 Å². The number of aromatic amines is 1. The Labute approximate surface area is 63.6 Å². The maximum Gasteiger partial charge on any atom is 0.375 e. The summed E-state index contributed by atoms with van der Waals surface area (Å²) in [4.78, 5) is 13.6.